The highest BCUT2D eigenvalue weighted by molar-refractivity contribution is 6.76. The number of H-pyrrole nitrogens is 1. The summed E-state index contributed by atoms with van der Waals surface area (Å²) in [4.78, 5) is 15.6. The van der Waals surface area contributed by atoms with Crippen LogP contribution in [0, 0.1) is 0 Å². The number of aromatic nitrogens is 2. The Labute approximate surface area is 173 Å². The zero-order chi connectivity index (χ0) is 20.6. The Bertz CT molecular complexity index is 920. The molecule has 2 aliphatic rings. The Morgan fingerprint density at radius 3 is 2.72 bits per heavy atom. The minimum Gasteiger partial charge on any atom is -0.389 e. The number of pyridine rings is 1. The summed E-state index contributed by atoms with van der Waals surface area (Å²) >= 11 is 0. The summed E-state index contributed by atoms with van der Waals surface area (Å²) in [5.74, 6) is 0.564. The van der Waals surface area contributed by atoms with Gasteiger partial charge in [0.1, 0.15) is 12.2 Å². The molecule has 2 aromatic heterocycles. The smallest absolute Gasteiger partial charge is 0.272 e. The van der Waals surface area contributed by atoms with Gasteiger partial charge >= 0.3 is 0 Å². The second-order valence-electron chi connectivity index (χ2n) is 10.2. The van der Waals surface area contributed by atoms with E-state index in [9.17, 15) is 9.90 Å². The minimum absolute atomic E-state index is 0.0536. The summed E-state index contributed by atoms with van der Waals surface area (Å²) in [5, 5.41) is 14.8. The van der Waals surface area contributed by atoms with Crippen molar-refractivity contribution in [3.8, 4) is 0 Å². The van der Waals surface area contributed by atoms with Gasteiger partial charge in [-0.1, -0.05) is 19.6 Å². The van der Waals surface area contributed by atoms with Crippen LogP contribution >= 0.6 is 0 Å². The third kappa shape index (κ3) is 4.85. The predicted molar refractivity (Wildman–Crippen MR) is 119 cm³/mol. The van der Waals surface area contributed by atoms with Crippen LogP contribution < -0.4 is 10.9 Å². The highest BCUT2D eigenvalue weighted by Gasteiger charge is 2.34. The van der Waals surface area contributed by atoms with Crippen molar-refractivity contribution in [1.29, 1.82) is 0 Å². The highest BCUT2D eigenvalue weighted by Crippen LogP contribution is 2.42. The van der Waals surface area contributed by atoms with Crippen LogP contribution in [0.4, 0.5) is 0 Å². The Kier molecular flexibility index (Phi) is 5.76. The fourth-order valence-electron chi connectivity index (χ4n) is 4.10. The molecule has 0 aromatic carbocycles. The molecule has 3 N–H and O–H groups in total. The van der Waals surface area contributed by atoms with E-state index in [0.717, 1.165) is 48.5 Å². The van der Waals surface area contributed by atoms with Gasteiger partial charge in [0.25, 0.3) is 5.56 Å². The molecule has 0 spiro atoms. The molecule has 4 rings (SSSR count). The normalized spacial score (nSPS) is 18.9. The number of aliphatic hydroxyl groups is 1. The van der Waals surface area contributed by atoms with Gasteiger partial charge in [-0.05, 0) is 55.7 Å². The summed E-state index contributed by atoms with van der Waals surface area (Å²) in [6, 6.07) is 3.26. The zero-order valence-corrected chi connectivity index (χ0v) is 19.0. The lowest BCUT2D eigenvalue weighted by atomic mass is 9.80. The maximum absolute atomic E-state index is 12.7. The van der Waals surface area contributed by atoms with E-state index in [-0.39, 0.29) is 5.56 Å². The summed E-state index contributed by atoms with van der Waals surface area (Å²) in [7, 11) is -1.16. The van der Waals surface area contributed by atoms with Gasteiger partial charge in [0, 0.05) is 45.0 Å². The molecule has 29 heavy (non-hydrogen) atoms. The summed E-state index contributed by atoms with van der Waals surface area (Å²) in [6.07, 6.45) is 7.12. The molecule has 0 aliphatic heterocycles. The first-order chi connectivity index (χ1) is 13.8. The first kappa shape index (κ1) is 20.8. The van der Waals surface area contributed by atoms with E-state index < -0.39 is 13.7 Å². The first-order valence-corrected chi connectivity index (χ1v) is 14.7. The van der Waals surface area contributed by atoms with Crippen molar-refractivity contribution < 1.29 is 9.84 Å². The fourth-order valence-corrected chi connectivity index (χ4v) is 4.86. The molecule has 6 nitrogen and oxygen atoms in total. The average Bonchev–Trinajstić information content (AvgIpc) is 3.39. The Balaban J connectivity index is 1.56. The SMILES string of the molecule is C[Si](C)(C)CCOCn1c(CNCC2(O)CCC2)cc2c(C3CC3)c[nH]c(=O)c21. The van der Waals surface area contributed by atoms with Crippen LogP contribution in [-0.2, 0) is 18.0 Å². The largest absolute Gasteiger partial charge is 0.389 e. The molecule has 2 saturated carbocycles. The maximum atomic E-state index is 12.7. The predicted octanol–water partition coefficient (Wildman–Crippen LogP) is 3.52. The Morgan fingerprint density at radius 2 is 2.10 bits per heavy atom. The van der Waals surface area contributed by atoms with E-state index in [1.807, 2.05) is 10.8 Å². The van der Waals surface area contributed by atoms with Crippen LogP contribution in [0.1, 0.15) is 49.3 Å². The lowest BCUT2D eigenvalue weighted by Gasteiger charge is -2.36. The number of hydrogen-bond donors (Lipinski definition) is 3. The van der Waals surface area contributed by atoms with E-state index in [1.165, 1.54) is 18.4 Å². The van der Waals surface area contributed by atoms with Crippen molar-refractivity contribution in [2.75, 3.05) is 13.2 Å². The summed E-state index contributed by atoms with van der Waals surface area (Å²) in [5.41, 5.74) is 2.42. The molecule has 0 unspecified atom stereocenters. The van der Waals surface area contributed by atoms with Crippen molar-refractivity contribution in [1.82, 2.24) is 14.9 Å². The molecule has 2 heterocycles. The molecule has 0 saturated heterocycles. The van der Waals surface area contributed by atoms with Crippen LogP contribution in [0.2, 0.25) is 25.7 Å². The van der Waals surface area contributed by atoms with Gasteiger partial charge in [-0.15, -0.1) is 0 Å². The summed E-state index contributed by atoms with van der Waals surface area (Å²) < 4.78 is 8.05. The van der Waals surface area contributed by atoms with Gasteiger partial charge in [-0.3, -0.25) is 4.79 Å². The molecular formula is C22H35N3O3Si. The number of fused-ring (bicyclic) bond motifs is 1. The molecule has 0 radical (unpaired) electrons. The van der Waals surface area contributed by atoms with Gasteiger partial charge < -0.3 is 24.7 Å². The van der Waals surface area contributed by atoms with Gasteiger partial charge in [-0.25, -0.2) is 0 Å². The molecule has 2 fully saturated rings. The van der Waals surface area contributed by atoms with Crippen molar-refractivity contribution in [2.45, 2.75) is 82.6 Å². The second kappa shape index (κ2) is 8.02. The Morgan fingerprint density at radius 1 is 1.34 bits per heavy atom. The van der Waals surface area contributed by atoms with Gasteiger partial charge in [0.05, 0.1) is 5.60 Å². The van der Waals surface area contributed by atoms with Crippen molar-refractivity contribution in [3.63, 3.8) is 0 Å². The third-order valence-electron chi connectivity index (χ3n) is 6.35. The number of nitrogens with zero attached hydrogens (tertiary/aromatic N) is 1. The standard InChI is InChI=1S/C22H35N3O3Si/c1-29(2,3)10-9-28-15-25-17(12-23-14-22(27)7-4-8-22)11-18-19(16-5-6-16)13-24-21(26)20(18)25/h11,13,16,23,27H,4-10,12,14-15H2,1-3H3,(H,24,26). The molecule has 7 heteroatoms. The fraction of sp³-hybridized carbons (Fsp3) is 0.682. The zero-order valence-electron chi connectivity index (χ0n) is 18.0. The van der Waals surface area contributed by atoms with Crippen LogP contribution in [0.5, 0.6) is 0 Å². The monoisotopic (exact) mass is 417 g/mol. The quantitative estimate of drug-likeness (QED) is 0.408. The number of nitrogens with one attached hydrogen (secondary N) is 2. The average molecular weight is 418 g/mol. The minimum atomic E-state index is -1.16. The number of hydrogen-bond acceptors (Lipinski definition) is 4. The molecular weight excluding hydrogens is 382 g/mol. The summed E-state index contributed by atoms with van der Waals surface area (Å²) in [6.45, 7) is 9.36. The van der Waals surface area contributed by atoms with E-state index in [2.05, 4.69) is 36.0 Å². The van der Waals surface area contributed by atoms with E-state index in [0.29, 0.717) is 25.7 Å². The topological polar surface area (TPSA) is 79.3 Å². The van der Waals surface area contributed by atoms with Gasteiger partial charge in [0.15, 0.2) is 0 Å². The van der Waals surface area contributed by atoms with Gasteiger partial charge in [0.2, 0.25) is 0 Å². The van der Waals surface area contributed by atoms with Crippen molar-refractivity contribution in [2.24, 2.45) is 0 Å². The van der Waals surface area contributed by atoms with Crippen molar-refractivity contribution in [3.05, 3.63) is 33.9 Å². The van der Waals surface area contributed by atoms with Crippen LogP contribution in [-0.4, -0.2) is 41.5 Å². The highest BCUT2D eigenvalue weighted by atomic mass is 28.3. The first-order valence-electron chi connectivity index (χ1n) is 11.0. The molecule has 2 aromatic rings. The molecule has 0 atom stereocenters. The van der Waals surface area contributed by atoms with Crippen LogP contribution in [0.25, 0.3) is 10.9 Å². The number of ether oxygens (including phenoxy) is 1. The van der Waals surface area contributed by atoms with Gasteiger partial charge in [-0.2, -0.15) is 0 Å². The van der Waals surface area contributed by atoms with Crippen molar-refractivity contribution >= 4 is 19.0 Å². The lowest BCUT2D eigenvalue weighted by molar-refractivity contribution is -0.0316. The van der Waals surface area contributed by atoms with Crippen LogP contribution in [0.3, 0.4) is 0 Å². The third-order valence-corrected chi connectivity index (χ3v) is 8.05. The van der Waals surface area contributed by atoms with E-state index in [1.54, 1.807) is 0 Å². The molecule has 2 aliphatic carbocycles. The van der Waals surface area contributed by atoms with E-state index in [4.69, 9.17) is 4.74 Å². The second-order valence-corrected chi connectivity index (χ2v) is 15.8. The number of rotatable bonds is 10. The van der Waals surface area contributed by atoms with E-state index >= 15 is 0 Å². The maximum Gasteiger partial charge on any atom is 0.272 e. The molecule has 0 amide bonds. The molecule has 0 bridgehead atoms. The van der Waals surface area contributed by atoms with Crippen LogP contribution in [0.15, 0.2) is 17.1 Å². The Hall–Kier alpha value is -1.41. The lowest BCUT2D eigenvalue weighted by Crippen LogP contribution is -2.46. The molecule has 160 valence electrons. The number of aromatic amines is 1.